The molecule has 3 heteroatoms. The molecule has 2 saturated carbocycles. The van der Waals surface area contributed by atoms with Crippen LogP contribution in [0.25, 0.3) is 0 Å². The number of rotatable bonds is 4. The Bertz CT molecular complexity index is 669. The van der Waals surface area contributed by atoms with Crippen LogP contribution >= 0.6 is 17.0 Å². The van der Waals surface area contributed by atoms with E-state index in [2.05, 4.69) is 64.1 Å². The van der Waals surface area contributed by atoms with Crippen LogP contribution in [0.15, 0.2) is 36.4 Å². The summed E-state index contributed by atoms with van der Waals surface area (Å²) in [6.45, 7) is 8.80. The summed E-state index contributed by atoms with van der Waals surface area (Å²) in [7, 11) is 9.87. The Morgan fingerprint density at radius 2 is 0.818 bits per heavy atom. The molecule has 0 amide bonds. The molecule has 0 atom stereocenters. The Labute approximate surface area is 224 Å². The molecule has 2 aromatic rings. The van der Waals surface area contributed by atoms with Crippen LogP contribution in [-0.4, -0.2) is 0 Å². The first kappa shape index (κ1) is 32.9. The second kappa shape index (κ2) is 18.2. The molecule has 33 heavy (non-hydrogen) atoms. The minimum atomic E-state index is -0.826. The van der Waals surface area contributed by atoms with Crippen LogP contribution in [0.1, 0.15) is 84.7 Å². The molecule has 184 valence electrons. The summed E-state index contributed by atoms with van der Waals surface area (Å²) in [4.78, 5) is 0. The second-order valence-corrected chi connectivity index (χ2v) is 13.5. The summed E-state index contributed by atoms with van der Waals surface area (Å²) >= 11 is -0.826. The zero-order valence-electron chi connectivity index (χ0n) is 21.9. The monoisotopic (exact) mass is 566 g/mol. The van der Waals surface area contributed by atoms with Gasteiger partial charge in [0.15, 0.2) is 0 Å². The SMILES string of the molecule is Cc1cc(C)cc(CC2CCCC2)c1.Cc1cc(C)cc(CC2CCCC2)c1.[CH3-].[CH3-].[Cl][Zr+2][Cl]. The van der Waals surface area contributed by atoms with Gasteiger partial charge >= 0.3 is 37.9 Å². The van der Waals surface area contributed by atoms with Gasteiger partial charge in [-0.25, -0.2) is 0 Å². The Morgan fingerprint density at radius 1 is 0.576 bits per heavy atom. The Kier molecular flexibility index (Phi) is 18.2. The Hall–Kier alpha value is -0.0969. The van der Waals surface area contributed by atoms with Gasteiger partial charge in [0.2, 0.25) is 0 Å². The van der Waals surface area contributed by atoms with E-state index in [4.69, 9.17) is 17.0 Å². The van der Waals surface area contributed by atoms with Gasteiger partial charge in [0.25, 0.3) is 0 Å². The average Bonchev–Trinajstić information content (AvgIpc) is 3.35. The van der Waals surface area contributed by atoms with E-state index in [-0.39, 0.29) is 14.9 Å². The third-order valence-corrected chi connectivity index (χ3v) is 6.56. The summed E-state index contributed by atoms with van der Waals surface area (Å²) in [5, 5.41) is 0. The van der Waals surface area contributed by atoms with Crippen LogP contribution in [0.3, 0.4) is 0 Å². The van der Waals surface area contributed by atoms with E-state index in [0.717, 1.165) is 11.8 Å². The zero-order chi connectivity index (χ0) is 22.6. The molecular weight excluding hydrogens is 522 g/mol. The normalized spacial score (nSPS) is 15.2. The molecule has 0 spiro atoms. The summed E-state index contributed by atoms with van der Waals surface area (Å²) < 4.78 is 0. The molecule has 0 aromatic heterocycles. The quantitative estimate of drug-likeness (QED) is 0.322. The van der Waals surface area contributed by atoms with Gasteiger partial charge in [-0.2, -0.15) is 0 Å². The van der Waals surface area contributed by atoms with Crippen LogP contribution in [-0.2, 0) is 33.7 Å². The Balaban J connectivity index is 0.000000527. The van der Waals surface area contributed by atoms with Crippen molar-refractivity contribution in [3.63, 3.8) is 0 Å². The first-order valence-corrected chi connectivity index (χ1v) is 18.3. The van der Waals surface area contributed by atoms with Gasteiger partial charge in [-0.05, 0) is 63.5 Å². The molecule has 2 aliphatic carbocycles. The average molecular weight is 569 g/mol. The number of aryl methyl sites for hydroxylation is 4. The maximum absolute atomic E-state index is 4.93. The van der Waals surface area contributed by atoms with Crippen molar-refractivity contribution < 1.29 is 20.8 Å². The van der Waals surface area contributed by atoms with E-state index in [0.29, 0.717) is 0 Å². The van der Waals surface area contributed by atoms with Crippen molar-refractivity contribution >= 4 is 17.0 Å². The number of hydrogen-bond acceptors (Lipinski definition) is 0. The molecule has 2 aromatic carbocycles. The third kappa shape index (κ3) is 13.5. The molecule has 4 rings (SSSR count). The summed E-state index contributed by atoms with van der Waals surface area (Å²) in [5.41, 5.74) is 8.76. The third-order valence-electron chi connectivity index (χ3n) is 6.56. The molecule has 0 bridgehead atoms. The van der Waals surface area contributed by atoms with E-state index < -0.39 is 20.8 Å². The van der Waals surface area contributed by atoms with E-state index in [1.165, 1.54) is 86.5 Å². The van der Waals surface area contributed by atoms with E-state index in [1.54, 1.807) is 11.1 Å². The predicted molar refractivity (Wildman–Crippen MR) is 148 cm³/mol. The minimum absolute atomic E-state index is 0. The number of hydrogen-bond donors (Lipinski definition) is 0. The van der Waals surface area contributed by atoms with E-state index in [9.17, 15) is 0 Å². The molecule has 0 saturated heterocycles. The standard InChI is InChI=1S/2C14H20.2CH3.2ClH.Zr/c2*1-11-7-12(2)9-14(8-11)10-13-5-3-4-6-13;;;;;/h2*7-9,13H,3-6,10H2,1-2H3;2*1H3;2*1H;/q;;2*-1;;;+4/p-2. The van der Waals surface area contributed by atoms with Crippen molar-refractivity contribution in [2.75, 3.05) is 0 Å². The first-order chi connectivity index (χ1) is 14.9. The van der Waals surface area contributed by atoms with Gasteiger partial charge in [-0.1, -0.05) is 110 Å². The van der Waals surface area contributed by atoms with Crippen LogP contribution in [0.5, 0.6) is 0 Å². The molecule has 0 N–H and O–H groups in total. The van der Waals surface area contributed by atoms with Crippen molar-refractivity contribution in [2.45, 2.75) is 91.9 Å². The van der Waals surface area contributed by atoms with Crippen molar-refractivity contribution in [3.05, 3.63) is 84.6 Å². The summed E-state index contributed by atoms with van der Waals surface area (Å²) in [6, 6.07) is 13.9. The van der Waals surface area contributed by atoms with Crippen molar-refractivity contribution in [1.82, 2.24) is 0 Å². The Morgan fingerprint density at radius 3 is 1.06 bits per heavy atom. The van der Waals surface area contributed by atoms with Gasteiger partial charge in [-0.15, -0.1) is 0 Å². The van der Waals surface area contributed by atoms with Crippen LogP contribution in [0.2, 0.25) is 0 Å². The fraction of sp³-hybridized carbons (Fsp3) is 0.533. The van der Waals surface area contributed by atoms with Gasteiger partial charge in [-0.3, -0.25) is 0 Å². The molecule has 0 unspecified atom stereocenters. The van der Waals surface area contributed by atoms with Gasteiger partial charge < -0.3 is 14.9 Å². The van der Waals surface area contributed by atoms with Gasteiger partial charge in [0.05, 0.1) is 0 Å². The van der Waals surface area contributed by atoms with Crippen LogP contribution in [0, 0.1) is 54.4 Å². The first-order valence-electron chi connectivity index (χ1n) is 12.0. The molecule has 0 heterocycles. The number of benzene rings is 2. The predicted octanol–water partition coefficient (Wildman–Crippen LogP) is 10.3. The van der Waals surface area contributed by atoms with Gasteiger partial charge in [0, 0.05) is 0 Å². The van der Waals surface area contributed by atoms with Gasteiger partial charge in [0.1, 0.15) is 0 Å². The molecule has 0 aliphatic heterocycles. The van der Waals surface area contributed by atoms with Crippen molar-refractivity contribution in [3.8, 4) is 0 Å². The topological polar surface area (TPSA) is 0 Å². The van der Waals surface area contributed by atoms with E-state index in [1.807, 2.05) is 0 Å². The van der Waals surface area contributed by atoms with E-state index >= 15 is 0 Å². The molecule has 2 aliphatic rings. The fourth-order valence-corrected chi connectivity index (χ4v) is 5.47. The molecular formula is C30H46Cl2Zr. The number of halogens is 2. The fourth-order valence-electron chi connectivity index (χ4n) is 5.47. The maximum atomic E-state index is 4.93. The van der Waals surface area contributed by atoms with Crippen molar-refractivity contribution in [2.24, 2.45) is 11.8 Å². The van der Waals surface area contributed by atoms with Crippen LogP contribution < -0.4 is 0 Å². The zero-order valence-corrected chi connectivity index (χ0v) is 25.9. The van der Waals surface area contributed by atoms with Crippen LogP contribution in [0.4, 0.5) is 0 Å². The molecule has 2 fully saturated rings. The van der Waals surface area contributed by atoms with Crippen molar-refractivity contribution in [1.29, 1.82) is 0 Å². The summed E-state index contributed by atoms with van der Waals surface area (Å²) in [6.07, 6.45) is 14.2. The molecule has 0 nitrogen and oxygen atoms in total. The summed E-state index contributed by atoms with van der Waals surface area (Å²) in [5.74, 6) is 1.94. The molecule has 0 radical (unpaired) electrons. The second-order valence-electron chi connectivity index (χ2n) is 9.77.